The van der Waals surface area contributed by atoms with E-state index in [4.69, 9.17) is 17.7 Å². The van der Waals surface area contributed by atoms with Gasteiger partial charge in [-0.2, -0.15) is 0 Å². The predicted octanol–water partition coefficient (Wildman–Crippen LogP) is 2.08. The molecule has 0 aliphatic carbocycles. The molecule has 0 fully saturated rings. The summed E-state index contributed by atoms with van der Waals surface area (Å²) in [6.45, 7) is 3.69. The van der Waals surface area contributed by atoms with Gasteiger partial charge in [0.25, 0.3) is 0 Å². The summed E-state index contributed by atoms with van der Waals surface area (Å²) in [5.41, 5.74) is 0.962. The van der Waals surface area contributed by atoms with Gasteiger partial charge in [-0.25, -0.2) is 0 Å². The second kappa shape index (κ2) is 5.81. The fourth-order valence-corrected chi connectivity index (χ4v) is 2.39. The van der Waals surface area contributed by atoms with Gasteiger partial charge in [-0.05, 0) is 17.7 Å². The number of hydrogen-bond acceptors (Lipinski definition) is 4. The Balaban J connectivity index is 2.88. The molecular weight excluding hydrogens is 224 g/mol. The molecule has 0 saturated heterocycles. The third-order valence-electron chi connectivity index (χ3n) is 2.09. The van der Waals surface area contributed by atoms with Crippen LogP contribution in [0.1, 0.15) is 5.56 Å². The molecule has 1 aromatic rings. The lowest BCUT2D eigenvalue weighted by molar-refractivity contribution is 0.0510. The Bertz CT molecular complexity index is 341. The molecule has 0 spiro atoms. The van der Waals surface area contributed by atoms with Gasteiger partial charge in [0.1, 0.15) is 5.75 Å². The molecule has 0 radical (unpaired) electrons. The lowest BCUT2D eigenvalue weighted by Gasteiger charge is -2.23. The third-order valence-corrected chi connectivity index (χ3v) is 4.07. The highest BCUT2D eigenvalue weighted by molar-refractivity contribution is 6.54. The molecule has 0 amide bonds. The molecule has 5 heteroatoms. The van der Waals surface area contributed by atoms with E-state index in [0.29, 0.717) is 5.75 Å². The van der Waals surface area contributed by atoms with Crippen LogP contribution in [0.2, 0.25) is 0 Å². The molecule has 16 heavy (non-hydrogen) atoms. The molecule has 0 heterocycles. The van der Waals surface area contributed by atoms with Crippen molar-refractivity contribution in [1.82, 2.24) is 0 Å². The second-order valence-corrected chi connectivity index (χ2v) is 5.42. The lowest BCUT2D eigenvalue weighted by Crippen LogP contribution is -2.49. The summed E-state index contributed by atoms with van der Waals surface area (Å²) in [6.07, 6.45) is 1.74. The SMILES string of the molecule is C=Cc1cccc(O[Si](OC)(OC)OC)c1. The molecule has 4 nitrogen and oxygen atoms in total. The summed E-state index contributed by atoms with van der Waals surface area (Å²) >= 11 is 0. The van der Waals surface area contributed by atoms with E-state index >= 15 is 0 Å². The van der Waals surface area contributed by atoms with Crippen LogP contribution in [0.15, 0.2) is 30.8 Å². The van der Waals surface area contributed by atoms with Crippen molar-refractivity contribution in [3.8, 4) is 5.75 Å². The molecule has 1 rings (SSSR count). The fraction of sp³-hybridized carbons (Fsp3) is 0.273. The van der Waals surface area contributed by atoms with Gasteiger partial charge < -0.3 is 17.7 Å². The van der Waals surface area contributed by atoms with E-state index in [1.807, 2.05) is 24.3 Å². The Morgan fingerprint density at radius 1 is 1.12 bits per heavy atom. The Labute approximate surface area is 96.9 Å². The molecule has 0 aromatic heterocycles. The van der Waals surface area contributed by atoms with Crippen molar-refractivity contribution in [1.29, 1.82) is 0 Å². The monoisotopic (exact) mass is 240 g/mol. The minimum Gasteiger partial charge on any atom is -0.480 e. The van der Waals surface area contributed by atoms with Crippen molar-refractivity contribution < 1.29 is 17.7 Å². The fourth-order valence-electron chi connectivity index (χ4n) is 1.22. The number of hydrogen-bond donors (Lipinski definition) is 0. The standard InChI is InChI=1S/C11H16O4Si/c1-5-10-7-6-8-11(9-10)15-16(12-2,13-3)14-4/h5-9H,1H2,2-4H3. The van der Waals surface area contributed by atoms with Crippen LogP contribution in [-0.2, 0) is 13.3 Å². The van der Waals surface area contributed by atoms with Crippen LogP contribution in [0.25, 0.3) is 6.08 Å². The summed E-state index contributed by atoms with van der Waals surface area (Å²) in [4.78, 5) is 0. The van der Waals surface area contributed by atoms with Gasteiger partial charge in [-0.1, -0.05) is 24.8 Å². The maximum atomic E-state index is 5.62. The van der Waals surface area contributed by atoms with E-state index in [1.165, 1.54) is 21.3 Å². The van der Waals surface area contributed by atoms with Crippen LogP contribution in [-0.4, -0.2) is 30.4 Å². The predicted molar refractivity (Wildman–Crippen MR) is 63.9 cm³/mol. The first kappa shape index (κ1) is 12.9. The zero-order valence-corrected chi connectivity index (χ0v) is 10.7. The highest BCUT2D eigenvalue weighted by Crippen LogP contribution is 2.19. The molecule has 0 saturated carbocycles. The van der Waals surface area contributed by atoms with Crippen LogP contribution in [0.5, 0.6) is 5.75 Å². The highest BCUT2D eigenvalue weighted by Gasteiger charge is 2.45. The van der Waals surface area contributed by atoms with Crippen molar-refractivity contribution in [2.45, 2.75) is 0 Å². The summed E-state index contributed by atoms with van der Waals surface area (Å²) < 4.78 is 21.1. The summed E-state index contributed by atoms with van der Waals surface area (Å²) in [5.74, 6) is 0.634. The molecule has 0 bridgehead atoms. The average Bonchev–Trinajstić information content (AvgIpc) is 2.36. The van der Waals surface area contributed by atoms with Crippen LogP contribution >= 0.6 is 0 Å². The van der Waals surface area contributed by atoms with E-state index in [1.54, 1.807) is 6.08 Å². The first-order chi connectivity index (χ1) is 7.69. The van der Waals surface area contributed by atoms with Gasteiger partial charge in [0.15, 0.2) is 0 Å². The smallest absolute Gasteiger partial charge is 0.480 e. The third kappa shape index (κ3) is 2.93. The minimum absolute atomic E-state index is 0.634. The Morgan fingerprint density at radius 3 is 2.25 bits per heavy atom. The van der Waals surface area contributed by atoms with Crippen LogP contribution in [0.4, 0.5) is 0 Å². The van der Waals surface area contributed by atoms with Crippen LogP contribution in [0.3, 0.4) is 0 Å². The number of benzene rings is 1. The quantitative estimate of drug-likeness (QED) is 0.713. The normalized spacial score (nSPS) is 11.2. The van der Waals surface area contributed by atoms with E-state index in [9.17, 15) is 0 Å². The van der Waals surface area contributed by atoms with Gasteiger partial charge in [-0.15, -0.1) is 0 Å². The van der Waals surface area contributed by atoms with Gasteiger partial charge in [0, 0.05) is 21.3 Å². The minimum atomic E-state index is -3.03. The van der Waals surface area contributed by atoms with Gasteiger partial charge in [0.2, 0.25) is 0 Å². The highest BCUT2D eigenvalue weighted by atomic mass is 28.4. The van der Waals surface area contributed by atoms with E-state index in [2.05, 4.69) is 6.58 Å². The molecular formula is C11H16O4Si. The maximum Gasteiger partial charge on any atom is 0.748 e. The topological polar surface area (TPSA) is 36.9 Å². The first-order valence-electron chi connectivity index (χ1n) is 4.76. The zero-order chi connectivity index (χ0) is 12.0. The van der Waals surface area contributed by atoms with Crippen molar-refractivity contribution in [2.24, 2.45) is 0 Å². The van der Waals surface area contributed by atoms with Gasteiger partial charge in [-0.3, -0.25) is 0 Å². The first-order valence-corrected chi connectivity index (χ1v) is 6.40. The largest absolute Gasteiger partial charge is 0.748 e. The van der Waals surface area contributed by atoms with Gasteiger partial charge in [0.05, 0.1) is 0 Å². The Morgan fingerprint density at radius 2 is 1.75 bits per heavy atom. The van der Waals surface area contributed by atoms with Crippen LogP contribution in [0, 0.1) is 0 Å². The van der Waals surface area contributed by atoms with Crippen molar-refractivity contribution in [3.63, 3.8) is 0 Å². The van der Waals surface area contributed by atoms with E-state index in [-0.39, 0.29) is 0 Å². The summed E-state index contributed by atoms with van der Waals surface area (Å²) in [5, 5.41) is 0. The molecule has 0 atom stereocenters. The summed E-state index contributed by atoms with van der Waals surface area (Å²) in [6, 6.07) is 7.44. The number of rotatable bonds is 6. The van der Waals surface area contributed by atoms with E-state index < -0.39 is 9.05 Å². The molecule has 0 N–H and O–H groups in total. The molecule has 1 aromatic carbocycles. The van der Waals surface area contributed by atoms with E-state index in [0.717, 1.165) is 5.56 Å². The molecule has 0 aliphatic heterocycles. The molecule has 88 valence electrons. The second-order valence-electron chi connectivity index (χ2n) is 2.99. The average molecular weight is 240 g/mol. The van der Waals surface area contributed by atoms with Crippen molar-refractivity contribution >= 4 is 15.1 Å². The molecule has 0 unspecified atom stereocenters. The lowest BCUT2D eigenvalue weighted by atomic mass is 10.2. The maximum absolute atomic E-state index is 5.62. The van der Waals surface area contributed by atoms with Crippen molar-refractivity contribution in [2.75, 3.05) is 21.3 Å². The van der Waals surface area contributed by atoms with Crippen LogP contribution < -0.4 is 4.43 Å². The Hall–Kier alpha value is -1.14. The Kier molecular flexibility index (Phi) is 4.69. The molecule has 0 aliphatic rings. The van der Waals surface area contributed by atoms with Crippen molar-refractivity contribution in [3.05, 3.63) is 36.4 Å². The van der Waals surface area contributed by atoms with Gasteiger partial charge >= 0.3 is 9.05 Å². The summed E-state index contributed by atoms with van der Waals surface area (Å²) in [7, 11) is 1.46. The zero-order valence-electron chi connectivity index (χ0n) is 9.73.